The van der Waals surface area contributed by atoms with Crippen LogP contribution in [0.25, 0.3) is 10.9 Å². The van der Waals surface area contributed by atoms with Gasteiger partial charge in [0.2, 0.25) is 20.0 Å². The Labute approximate surface area is 178 Å². The average molecular weight is 462 g/mol. The first-order valence-corrected chi connectivity index (χ1v) is 12.9. The molecule has 0 fully saturated rings. The molecule has 0 radical (unpaired) electrons. The second kappa shape index (κ2) is 7.97. The van der Waals surface area contributed by atoms with Gasteiger partial charge in [0.25, 0.3) is 0 Å². The van der Waals surface area contributed by atoms with Crippen molar-refractivity contribution in [1.82, 2.24) is 9.71 Å². The number of nitrogens with one attached hydrogen (secondary N) is 2. The van der Waals surface area contributed by atoms with E-state index in [0.717, 1.165) is 21.3 Å². The van der Waals surface area contributed by atoms with Crippen LogP contribution in [0, 0.1) is 0 Å². The van der Waals surface area contributed by atoms with Gasteiger partial charge in [-0.2, -0.15) is 0 Å². The summed E-state index contributed by atoms with van der Waals surface area (Å²) in [5.74, 6) is -0.181. The van der Waals surface area contributed by atoms with Crippen molar-refractivity contribution >= 4 is 42.3 Å². The summed E-state index contributed by atoms with van der Waals surface area (Å²) in [6, 6.07) is 16.6. The topological polar surface area (TPSA) is 122 Å². The molecule has 0 amide bonds. The van der Waals surface area contributed by atoms with E-state index in [1.165, 1.54) is 24.3 Å². The van der Waals surface area contributed by atoms with Gasteiger partial charge in [-0.15, -0.1) is 11.3 Å². The molecule has 2 aromatic carbocycles. The lowest BCUT2D eigenvalue weighted by Gasteiger charge is -2.16. The number of fused-ring (bicyclic) bond motifs is 1. The predicted molar refractivity (Wildman–Crippen MR) is 117 cm³/mol. The van der Waals surface area contributed by atoms with Crippen LogP contribution >= 0.6 is 11.3 Å². The van der Waals surface area contributed by atoms with Crippen molar-refractivity contribution in [2.75, 3.05) is 6.54 Å². The van der Waals surface area contributed by atoms with E-state index in [1.807, 2.05) is 48.0 Å². The molecule has 0 saturated carbocycles. The van der Waals surface area contributed by atoms with Crippen molar-refractivity contribution in [3.05, 3.63) is 82.7 Å². The number of hydrogen-bond acceptors (Lipinski definition) is 5. The Balaban J connectivity index is 1.63. The van der Waals surface area contributed by atoms with Crippen molar-refractivity contribution < 1.29 is 16.8 Å². The third-order valence-electron chi connectivity index (χ3n) is 4.82. The highest BCUT2D eigenvalue weighted by Crippen LogP contribution is 2.33. The standard InChI is InChI=1S/C20H19N3O4S3/c21-29(24,25)14-7-9-15(10-8-14)30(26,27)23-13-18(20-6-3-11-28-20)17-12-22-19-5-2-1-4-16(17)19/h1-12,18,22-23H,13H2,(H2,21,24,25)/t18-/m1/s1. The molecule has 30 heavy (non-hydrogen) atoms. The minimum atomic E-state index is -3.89. The van der Waals surface area contributed by atoms with Gasteiger partial charge in [-0.05, 0) is 47.3 Å². The lowest BCUT2D eigenvalue weighted by atomic mass is 9.97. The van der Waals surface area contributed by atoms with Crippen molar-refractivity contribution in [2.24, 2.45) is 5.14 Å². The highest BCUT2D eigenvalue weighted by molar-refractivity contribution is 7.89. The van der Waals surface area contributed by atoms with Crippen molar-refractivity contribution in [2.45, 2.75) is 15.7 Å². The number of thiophene rings is 1. The lowest BCUT2D eigenvalue weighted by molar-refractivity contribution is 0.577. The second-order valence-electron chi connectivity index (χ2n) is 6.73. The fourth-order valence-electron chi connectivity index (χ4n) is 3.32. The molecule has 1 atom stereocenters. The van der Waals surface area contributed by atoms with Gasteiger partial charge in [0.1, 0.15) is 0 Å². The number of primary sulfonamides is 1. The van der Waals surface area contributed by atoms with Gasteiger partial charge in [0, 0.05) is 34.4 Å². The number of benzene rings is 2. The minimum absolute atomic E-state index is 0.0289. The van der Waals surface area contributed by atoms with E-state index in [0.29, 0.717) is 0 Å². The fraction of sp³-hybridized carbons (Fsp3) is 0.100. The van der Waals surface area contributed by atoms with Crippen molar-refractivity contribution in [3.63, 3.8) is 0 Å². The second-order valence-corrected chi connectivity index (χ2v) is 11.0. The van der Waals surface area contributed by atoms with Crippen LogP contribution in [0.5, 0.6) is 0 Å². The Bertz CT molecular complexity index is 1370. The van der Waals surface area contributed by atoms with Gasteiger partial charge < -0.3 is 4.98 Å². The first-order valence-electron chi connectivity index (χ1n) is 8.98. The van der Waals surface area contributed by atoms with Crippen LogP contribution in [0.4, 0.5) is 0 Å². The summed E-state index contributed by atoms with van der Waals surface area (Å²) >= 11 is 1.56. The maximum absolute atomic E-state index is 12.8. The first kappa shape index (κ1) is 20.8. The number of H-pyrrole nitrogens is 1. The average Bonchev–Trinajstić information content (AvgIpc) is 3.38. The molecular formula is C20H19N3O4S3. The SMILES string of the molecule is NS(=O)(=O)c1ccc(S(=O)(=O)NC[C@@H](c2cccs2)c2c[nH]c3ccccc23)cc1. The Kier molecular flexibility index (Phi) is 5.51. The molecule has 156 valence electrons. The first-order chi connectivity index (χ1) is 14.3. The molecule has 0 bridgehead atoms. The van der Waals surface area contributed by atoms with E-state index in [4.69, 9.17) is 5.14 Å². The van der Waals surface area contributed by atoms with Crippen LogP contribution in [-0.2, 0) is 20.0 Å². The van der Waals surface area contributed by atoms with Crippen molar-refractivity contribution in [3.8, 4) is 0 Å². The summed E-state index contributed by atoms with van der Waals surface area (Å²) in [5, 5.41) is 8.06. The highest BCUT2D eigenvalue weighted by Gasteiger charge is 2.23. The number of para-hydroxylation sites is 1. The number of nitrogens with two attached hydrogens (primary N) is 1. The quantitative estimate of drug-likeness (QED) is 0.392. The molecule has 4 N–H and O–H groups in total. The summed E-state index contributed by atoms with van der Waals surface area (Å²) in [6.45, 7) is 0.154. The Hall–Kier alpha value is -2.50. The van der Waals surface area contributed by atoms with Crippen LogP contribution in [0.3, 0.4) is 0 Å². The molecule has 4 aromatic rings. The third kappa shape index (κ3) is 4.18. The Morgan fingerprint density at radius 3 is 2.30 bits per heavy atom. The summed E-state index contributed by atoms with van der Waals surface area (Å²) in [6.07, 6.45) is 1.91. The molecule has 10 heteroatoms. The fourth-order valence-corrected chi connectivity index (χ4v) is 5.73. The third-order valence-corrected chi connectivity index (χ3v) is 8.18. The molecule has 0 aliphatic rings. The Morgan fingerprint density at radius 2 is 1.63 bits per heavy atom. The molecule has 0 unspecified atom stereocenters. The molecule has 2 heterocycles. The molecule has 0 saturated heterocycles. The predicted octanol–water partition coefficient (Wildman–Crippen LogP) is 2.99. The molecular weight excluding hydrogens is 442 g/mol. The summed E-state index contributed by atoms with van der Waals surface area (Å²) in [5.41, 5.74) is 1.98. The molecule has 2 aromatic heterocycles. The largest absolute Gasteiger partial charge is 0.361 e. The molecule has 7 nitrogen and oxygen atoms in total. The van der Waals surface area contributed by atoms with E-state index in [-0.39, 0.29) is 22.3 Å². The monoisotopic (exact) mass is 461 g/mol. The Morgan fingerprint density at radius 1 is 0.933 bits per heavy atom. The molecule has 4 rings (SSSR count). The van der Waals surface area contributed by atoms with Crippen LogP contribution in [0.2, 0.25) is 0 Å². The van der Waals surface area contributed by atoms with E-state index in [2.05, 4.69) is 9.71 Å². The number of aromatic amines is 1. The van der Waals surface area contributed by atoms with E-state index in [9.17, 15) is 16.8 Å². The van der Waals surface area contributed by atoms with Gasteiger partial charge in [0.05, 0.1) is 9.79 Å². The van der Waals surface area contributed by atoms with E-state index in [1.54, 1.807) is 11.3 Å². The van der Waals surface area contributed by atoms with Crippen molar-refractivity contribution in [1.29, 1.82) is 0 Å². The van der Waals surface area contributed by atoms with E-state index >= 15 is 0 Å². The molecule has 0 aliphatic carbocycles. The summed E-state index contributed by atoms with van der Waals surface area (Å²) in [4.78, 5) is 4.10. The van der Waals surface area contributed by atoms with Gasteiger partial charge >= 0.3 is 0 Å². The van der Waals surface area contributed by atoms with Gasteiger partial charge in [-0.25, -0.2) is 26.7 Å². The van der Waals surface area contributed by atoms with Crippen LogP contribution in [-0.4, -0.2) is 28.4 Å². The zero-order valence-electron chi connectivity index (χ0n) is 15.6. The number of sulfonamides is 2. The number of aromatic nitrogens is 1. The van der Waals surface area contributed by atoms with Gasteiger partial charge in [-0.3, -0.25) is 0 Å². The zero-order chi connectivity index (χ0) is 21.4. The van der Waals surface area contributed by atoms with E-state index < -0.39 is 20.0 Å². The van der Waals surface area contributed by atoms with Gasteiger partial charge in [0.15, 0.2) is 0 Å². The summed E-state index contributed by atoms with van der Waals surface area (Å²) in [7, 11) is -7.73. The minimum Gasteiger partial charge on any atom is -0.361 e. The zero-order valence-corrected chi connectivity index (χ0v) is 18.1. The number of rotatable bonds is 7. The molecule has 0 aliphatic heterocycles. The van der Waals surface area contributed by atoms with Gasteiger partial charge in [-0.1, -0.05) is 24.3 Å². The smallest absolute Gasteiger partial charge is 0.240 e. The number of hydrogen-bond donors (Lipinski definition) is 3. The maximum Gasteiger partial charge on any atom is 0.240 e. The molecule has 0 spiro atoms. The van der Waals surface area contributed by atoms with Crippen LogP contribution in [0.1, 0.15) is 16.4 Å². The maximum atomic E-state index is 12.8. The highest BCUT2D eigenvalue weighted by atomic mass is 32.2. The normalized spacial score (nSPS) is 13.5. The summed E-state index contributed by atoms with van der Waals surface area (Å²) < 4.78 is 51.0. The lowest BCUT2D eigenvalue weighted by Crippen LogP contribution is -2.28. The van der Waals surface area contributed by atoms with Crippen LogP contribution < -0.4 is 9.86 Å². The van der Waals surface area contributed by atoms with Crippen LogP contribution in [0.15, 0.2) is 82.0 Å².